The second-order valence-electron chi connectivity index (χ2n) is 4.69. The SMILES string of the molecule is CCOC(=O)c1csc(-c2ccc(CN(C)C)cc2)n1. The molecule has 0 atom stereocenters. The van der Waals surface area contributed by atoms with Crippen LogP contribution in [0.1, 0.15) is 23.0 Å². The number of hydrogen-bond donors (Lipinski definition) is 0. The van der Waals surface area contributed by atoms with Crippen molar-refractivity contribution in [3.8, 4) is 10.6 Å². The zero-order valence-corrected chi connectivity index (χ0v) is 12.7. The zero-order chi connectivity index (χ0) is 14.5. The summed E-state index contributed by atoms with van der Waals surface area (Å²) in [6.07, 6.45) is 0. The first-order chi connectivity index (χ1) is 9.60. The Hall–Kier alpha value is -1.72. The van der Waals surface area contributed by atoms with Crippen molar-refractivity contribution < 1.29 is 9.53 Å². The van der Waals surface area contributed by atoms with Gasteiger partial charge in [0.1, 0.15) is 5.01 Å². The average Bonchev–Trinajstić information content (AvgIpc) is 2.89. The number of hydrogen-bond acceptors (Lipinski definition) is 5. The number of carbonyl (C=O) groups excluding carboxylic acids is 1. The van der Waals surface area contributed by atoms with Crippen molar-refractivity contribution >= 4 is 17.3 Å². The van der Waals surface area contributed by atoms with E-state index in [1.807, 2.05) is 26.2 Å². The molecule has 0 fully saturated rings. The minimum atomic E-state index is -0.362. The fraction of sp³-hybridized carbons (Fsp3) is 0.333. The van der Waals surface area contributed by atoms with Crippen LogP contribution in [0.2, 0.25) is 0 Å². The zero-order valence-electron chi connectivity index (χ0n) is 11.9. The molecule has 0 amide bonds. The smallest absolute Gasteiger partial charge is 0.357 e. The Kier molecular flexibility index (Phi) is 4.87. The third-order valence-corrected chi connectivity index (χ3v) is 3.58. The van der Waals surface area contributed by atoms with E-state index in [9.17, 15) is 4.79 Å². The van der Waals surface area contributed by atoms with Gasteiger partial charge in [0.15, 0.2) is 5.69 Å². The molecule has 5 heteroatoms. The monoisotopic (exact) mass is 290 g/mol. The Bertz CT molecular complexity index is 576. The van der Waals surface area contributed by atoms with Crippen LogP contribution >= 0.6 is 11.3 Å². The Labute approximate surface area is 123 Å². The Morgan fingerprint density at radius 1 is 1.30 bits per heavy atom. The van der Waals surface area contributed by atoms with Crippen molar-refractivity contribution in [2.75, 3.05) is 20.7 Å². The van der Waals surface area contributed by atoms with Crippen LogP contribution in [0.15, 0.2) is 29.6 Å². The second-order valence-corrected chi connectivity index (χ2v) is 5.55. The molecular formula is C15H18N2O2S. The molecule has 0 spiro atoms. The molecule has 4 nitrogen and oxygen atoms in total. The fourth-order valence-corrected chi connectivity index (χ4v) is 2.62. The largest absolute Gasteiger partial charge is 0.461 e. The van der Waals surface area contributed by atoms with Gasteiger partial charge < -0.3 is 9.64 Å². The van der Waals surface area contributed by atoms with Gasteiger partial charge in [0.05, 0.1) is 6.61 Å². The van der Waals surface area contributed by atoms with E-state index in [0.717, 1.165) is 17.1 Å². The number of rotatable bonds is 5. The van der Waals surface area contributed by atoms with E-state index >= 15 is 0 Å². The maximum atomic E-state index is 11.6. The lowest BCUT2D eigenvalue weighted by atomic mass is 10.1. The van der Waals surface area contributed by atoms with Gasteiger partial charge in [-0.05, 0) is 26.6 Å². The molecule has 0 N–H and O–H groups in total. The lowest BCUT2D eigenvalue weighted by Crippen LogP contribution is -2.10. The summed E-state index contributed by atoms with van der Waals surface area (Å²) in [5.41, 5.74) is 2.65. The summed E-state index contributed by atoms with van der Waals surface area (Å²) in [6.45, 7) is 3.06. The van der Waals surface area contributed by atoms with E-state index in [0.29, 0.717) is 12.3 Å². The number of thiazole rings is 1. The number of aromatic nitrogens is 1. The van der Waals surface area contributed by atoms with E-state index in [1.54, 1.807) is 12.3 Å². The Morgan fingerprint density at radius 2 is 2.00 bits per heavy atom. The van der Waals surface area contributed by atoms with Crippen LogP contribution in [0.25, 0.3) is 10.6 Å². The molecule has 0 aliphatic carbocycles. The lowest BCUT2D eigenvalue weighted by molar-refractivity contribution is 0.0520. The van der Waals surface area contributed by atoms with Gasteiger partial charge in [-0.15, -0.1) is 11.3 Å². The molecule has 1 aromatic carbocycles. The number of esters is 1. The van der Waals surface area contributed by atoms with E-state index in [4.69, 9.17) is 4.74 Å². The molecule has 0 bridgehead atoms. The first-order valence-corrected chi connectivity index (χ1v) is 7.34. The Morgan fingerprint density at radius 3 is 2.60 bits per heavy atom. The third-order valence-electron chi connectivity index (χ3n) is 2.69. The fourth-order valence-electron chi connectivity index (χ4n) is 1.82. The molecule has 2 aromatic rings. The van der Waals surface area contributed by atoms with Crippen LogP contribution in [0.4, 0.5) is 0 Å². The van der Waals surface area contributed by atoms with Gasteiger partial charge in [-0.3, -0.25) is 0 Å². The minimum absolute atomic E-state index is 0.362. The number of benzene rings is 1. The van der Waals surface area contributed by atoms with Gasteiger partial charge in [-0.2, -0.15) is 0 Å². The molecule has 0 saturated heterocycles. The highest BCUT2D eigenvalue weighted by atomic mass is 32.1. The van der Waals surface area contributed by atoms with Crippen molar-refractivity contribution in [2.24, 2.45) is 0 Å². The number of ether oxygens (including phenoxy) is 1. The van der Waals surface area contributed by atoms with Crippen LogP contribution in [-0.2, 0) is 11.3 Å². The van der Waals surface area contributed by atoms with Gasteiger partial charge >= 0.3 is 5.97 Å². The third kappa shape index (κ3) is 3.65. The van der Waals surface area contributed by atoms with Gasteiger partial charge in [0, 0.05) is 17.5 Å². The van der Waals surface area contributed by atoms with Gasteiger partial charge in [-0.25, -0.2) is 9.78 Å². The maximum Gasteiger partial charge on any atom is 0.357 e. The molecule has 0 unspecified atom stereocenters. The summed E-state index contributed by atoms with van der Waals surface area (Å²) < 4.78 is 4.94. The predicted molar refractivity (Wildman–Crippen MR) is 80.9 cm³/mol. The summed E-state index contributed by atoms with van der Waals surface area (Å²) in [7, 11) is 4.08. The van der Waals surface area contributed by atoms with Crippen molar-refractivity contribution in [3.63, 3.8) is 0 Å². The molecule has 1 aromatic heterocycles. The van der Waals surface area contributed by atoms with Crippen LogP contribution in [0.5, 0.6) is 0 Å². The minimum Gasteiger partial charge on any atom is -0.461 e. The molecule has 0 aliphatic rings. The molecule has 0 saturated carbocycles. The van der Waals surface area contributed by atoms with Gasteiger partial charge in [0.25, 0.3) is 0 Å². The standard InChI is InChI=1S/C15H18N2O2S/c1-4-19-15(18)13-10-20-14(16-13)12-7-5-11(6-8-12)9-17(2)3/h5-8,10H,4,9H2,1-3H3. The second kappa shape index (κ2) is 6.63. The van der Waals surface area contributed by atoms with Crippen molar-refractivity contribution in [1.29, 1.82) is 0 Å². The average molecular weight is 290 g/mol. The topological polar surface area (TPSA) is 42.4 Å². The van der Waals surface area contributed by atoms with Crippen molar-refractivity contribution in [2.45, 2.75) is 13.5 Å². The summed E-state index contributed by atoms with van der Waals surface area (Å²) in [5.74, 6) is -0.362. The van der Waals surface area contributed by atoms with E-state index in [-0.39, 0.29) is 5.97 Å². The van der Waals surface area contributed by atoms with E-state index < -0.39 is 0 Å². The van der Waals surface area contributed by atoms with Crippen molar-refractivity contribution in [1.82, 2.24) is 9.88 Å². The molecule has 106 valence electrons. The molecule has 0 aliphatic heterocycles. The van der Waals surface area contributed by atoms with E-state index in [1.165, 1.54) is 16.9 Å². The molecule has 0 radical (unpaired) electrons. The van der Waals surface area contributed by atoms with Crippen molar-refractivity contribution in [3.05, 3.63) is 40.9 Å². The summed E-state index contributed by atoms with van der Waals surface area (Å²) >= 11 is 1.45. The normalized spacial score (nSPS) is 10.8. The molecule has 20 heavy (non-hydrogen) atoms. The van der Waals surface area contributed by atoms with Crippen LogP contribution in [0.3, 0.4) is 0 Å². The molecule has 2 rings (SSSR count). The summed E-state index contributed by atoms with van der Waals surface area (Å²) in [6, 6.07) is 8.24. The highest BCUT2D eigenvalue weighted by Crippen LogP contribution is 2.24. The first kappa shape index (κ1) is 14.7. The summed E-state index contributed by atoms with van der Waals surface area (Å²) in [5, 5.41) is 2.57. The first-order valence-electron chi connectivity index (χ1n) is 6.47. The predicted octanol–water partition coefficient (Wildman–Crippen LogP) is 3.05. The molecular weight excluding hydrogens is 272 g/mol. The lowest BCUT2D eigenvalue weighted by Gasteiger charge is -2.09. The van der Waals surface area contributed by atoms with Gasteiger partial charge in [0.2, 0.25) is 0 Å². The number of nitrogens with zero attached hydrogens (tertiary/aromatic N) is 2. The highest BCUT2D eigenvalue weighted by Gasteiger charge is 2.12. The number of carbonyl (C=O) groups is 1. The summed E-state index contributed by atoms with van der Waals surface area (Å²) in [4.78, 5) is 18.0. The van der Waals surface area contributed by atoms with Gasteiger partial charge in [-0.1, -0.05) is 24.3 Å². The van der Waals surface area contributed by atoms with Crippen LogP contribution in [-0.4, -0.2) is 36.6 Å². The van der Waals surface area contributed by atoms with Crippen LogP contribution < -0.4 is 0 Å². The Balaban J connectivity index is 2.14. The highest BCUT2D eigenvalue weighted by molar-refractivity contribution is 7.13. The maximum absolute atomic E-state index is 11.6. The molecule has 1 heterocycles. The van der Waals surface area contributed by atoms with Crippen LogP contribution in [0, 0.1) is 0 Å². The quantitative estimate of drug-likeness (QED) is 0.794. The van der Waals surface area contributed by atoms with E-state index in [2.05, 4.69) is 22.0 Å².